The van der Waals surface area contributed by atoms with Crippen molar-refractivity contribution in [1.29, 1.82) is 5.26 Å². The smallest absolute Gasteiger partial charge is 0.323 e. The minimum absolute atomic E-state index is 0.0272. The molecule has 5 rings (SSSR count). The zero-order chi connectivity index (χ0) is 26.5. The lowest BCUT2D eigenvalue weighted by molar-refractivity contribution is -0.136. The van der Waals surface area contributed by atoms with Gasteiger partial charge in [0.15, 0.2) is 11.5 Å². The van der Waals surface area contributed by atoms with Crippen LogP contribution in [0.4, 0.5) is 5.69 Å². The number of ether oxygens (including phenoxy) is 4. The highest BCUT2D eigenvalue weighted by Gasteiger charge is 2.61. The van der Waals surface area contributed by atoms with Gasteiger partial charge in [0.25, 0.3) is 0 Å². The summed E-state index contributed by atoms with van der Waals surface area (Å²) in [6.45, 7) is -0.621. The van der Waals surface area contributed by atoms with Crippen molar-refractivity contribution < 1.29 is 33.6 Å². The molecule has 37 heavy (non-hydrogen) atoms. The number of nitrogens with two attached hydrogens (primary N) is 1. The fourth-order valence-corrected chi connectivity index (χ4v) is 5.01. The molecule has 3 aromatic rings. The van der Waals surface area contributed by atoms with E-state index >= 15 is 0 Å². The molecule has 1 atom stereocenters. The number of anilines is 1. The van der Waals surface area contributed by atoms with Crippen LogP contribution in [-0.2, 0) is 15.0 Å². The maximum absolute atomic E-state index is 14.2. The highest BCUT2D eigenvalue weighted by Crippen LogP contribution is 2.57. The molecular weight excluding hydrogens is 482 g/mol. The zero-order valence-corrected chi connectivity index (χ0v) is 20.0. The van der Waals surface area contributed by atoms with E-state index in [2.05, 4.69) is 10.2 Å². The Hall–Kier alpha value is -5.18. The molecule has 4 N–H and O–H groups in total. The number of nitrogens with one attached hydrogen (secondary N) is 1. The average Bonchev–Trinajstić information content (AvgIpc) is 3.42. The molecule has 2 aliphatic rings. The molecule has 0 saturated heterocycles. The maximum Gasteiger partial charge on any atom is 0.323 e. The Morgan fingerprint density at radius 3 is 2.49 bits per heavy atom. The normalized spacial score (nSPS) is 17.7. The molecule has 0 bridgehead atoms. The summed E-state index contributed by atoms with van der Waals surface area (Å²) in [6, 6.07) is 12.0. The lowest BCUT2D eigenvalue weighted by atomic mass is 9.68. The highest BCUT2D eigenvalue weighted by molar-refractivity contribution is 6.16. The number of nitrogens with zero attached hydrogens (tertiary/aromatic N) is 3. The quantitative estimate of drug-likeness (QED) is 0.451. The van der Waals surface area contributed by atoms with Crippen LogP contribution in [-0.4, -0.2) is 55.1 Å². The molecule has 2 aromatic carbocycles. The van der Waals surface area contributed by atoms with Gasteiger partial charge in [0.2, 0.25) is 23.4 Å². The number of methoxy groups -OCH3 is 3. The predicted octanol–water partition coefficient (Wildman–Crippen LogP) is 1.91. The van der Waals surface area contributed by atoms with E-state index in [1.54, 1.807) is 36.4 Å². The first-order valence-corrected chi connectivity index (χ1v) is 10.9. The van der Waals surface area contributed by atoms with Crippen LogP contribution in [0.5, 0.6) is 23.1 Å². The SMILES string of the molecule is COc1cc(-c2[nH]nc3c2[C@@]2(C(=O)N(CC(=O)O)c4ccccc42)C(C#N)=C(N)O3)cc(OC)c1OC. The van der Waals surface area contributed by atoms with E-state index in [-0.39, 0.29) is 22.9 Å². The van der Waals surface area contributed by atoms with Crippen molar-refractivity contribution in [2.45, 2.75) is 5.41 Å². The summed E-state index contributed by atoms with van der Waals surface area (Å²) >= 11 is 0. The summed E-state index contributed by atoms with van der Waals surface area (Å²) in [5, 5.41) is 26.9. The van der Waals surface area contributed by atoms with Crippen molar-refractivity contribution in [2.24, 2.45) is 5.73 Å². The second-order valence-corrected chi connectivity index (χ2v) is 8.20. The molecule has 1 amide bonds. The number of fused-ring (bicyclic) bond motifs is 4. The first-order chi connectivity index (χ1) is 17.8. The van der Waals surface area contributed by atoms with Crippen LogP contribution in [0.3, 0.4) is 0 Å². The van der Waals surface area contributed by atoms with Crippen LogP contribution in [0, 0.1) is 11.3 Å². The second kappa shape index (κ2) is 8.49. The average molecular weight is 503 g/mol. The van der Waals surface area contributed by atoms with Crippen molar-refractivity contribution in [3.05, 3.63) is 59.0 Å². The van der Waals surface area contributed by atoms with E-state index in [9.17, 15) is 20.0 Å². The third-order valence-electron chi connectivity index (χ3n) is 6.46. The summed E-state index contributed by atoms with van der Waals surface area (Å²) in [5.41, 5.74) is 5.85. The van der Waals surface area contributed by atoms with Crippen LogP contribution in [0.15, 0.2) is 47.9 Å². The molecule has 3 heterocycles. The summed E-state index contributed by atoms with van der Waals surface area (Å²) in [6.07, 6.45) is 0. The van der Waals surface area contributed by atoms with Gasteiger partial charge in [0.1, 0.15) is 23.6 Å². The number of hydrogen-bond donors (Lipinski definition) is 3. The van der Waals surface area contributed by atoms with Crippen LogP contribution < -0.4 is 29.6 Å². The Bertz CT molecular complexity index is 1510. The molecule has 12 heteroatoms. The number of hydrogen-bond acceptors (Lipinski definition) is 9. The number of amides is 1. The topological polar surface area (TPSA) is 173 Å². The minimum atomic E-state index is -1.82. The molecule has 0 unspecified atom stereocenters. The number of nitriles is 1. The van der Waals surface area contributed by atoms with Crippen molar-refractivity contribution in [3.8, 4) is 40.5 Å². The van der Waals surface area contributed by atoms with Gasteiger partial charge in [-0.2, -0.15) is 5.26 Å². The Labute approximate surface area is 210 Å². The van der Waals surface area contributed by atoms with Gasteiger partial charge in [-0.1, -0.05) is 18.2 Å². The first kappa shape index (κ1) is 23.6. The number of carbonyl (C=O) groups is 2. The number of carboxylic acid groups (broad SMARTS) is 1. The first-order valence-electron chi connectivity index (χ1n) is 10.9. The van der Waals surface area contributed by atoms with E-state index < -0.39 is 23.8 Å². The van der Waals surface area contributed by atoms with Gasteiger partial charge in [0.05, 0.1) is 32.6 Å². The lowest BCUT2D eigenvalue weighted by Gasteiger charge is -2.32. The van der Waals surface area contributed by atoms with Crippen LogP contribution in [0.25, 0.3) is 11.3 Å². The van der Waals surface area contributed by atoms with Gasteiger partial charge in [-0.3, -0.25) is 19.6 Å². The third kappa shape index (κ3) is 3.10. The predicted molar refractivity (Wildman–Crippen MR) is 128 cm³/mol. The molecule has 2 aliphatic heterocycles. The molecule has 0 aliphatic carbocycles. The van der Waals surface area contributed by atoms with Crippen molar-refractivity contribution in [1.82, 2.24) is 10.2 Å². The molecule has 0 saturated carbocycles. The Morgan fingerprint density at radius 2 is 1.89 bits per heavy atom. The fraction of sp³-hybridized carbons (Fsp3) is 0.200. The van der Waals surface area contributed by atoms with Gasteiger partial charge in [-0.25, -0.2) is 0 Å². The third-order valence-corrected chi connectivity index (χ3v) is 6.46. The molecule has 1 aromatic heterocycles. The molecule has 0 fully saturated rings. The van der Waals surface area contributed by atoms with Crippen LogP contribution in [0.1, 0.15) is 11.1 Å². The number of rotatable bonds is 6. The number of carbonyl (C=O) groups excluding carboxylic acids is 1. The standard InChI is InChI=1S/C25H21N5O7/c1-34-16-8-12(9-17(35-2)21(16)36-3)20-19-23(29-28-20)37-22(27)14(10-26)25(19)13-6-4-5-7-15(13)30(24(25)33)11-18(31)32/h4-9H,11,27H2,1-3H3,(H,28,29)(H,31,32)/t25-/m0/s1. The number of H-pyrrole nitrogens is 1. The maximum atomic E-state index is 14.2. The number of aromatic amines is 1. The number of carboxylic acids is 1. The summed E-state index contributed by atoms with van der Waals surface area (Å²) in [5.74, 6) is -1.20. The monoisotopic (exact) mass is 503 g/mol. The van der Waals surface area contributed by atoms with Crippen molar-refractivity contribution >= 4 is 17.6 Å². The van der Waals surface area contributed by atoms with E-state index in [1.165, 1.54) is 21.3 Å². The number of aromatic nitrogens is 2. The van der Waals surface area contributed by atoms with E-state index in [4.69, 9.17) is 24.7 Å². The van der Waals surface area contributed by atoms with Gasteiger partial charge in [0, 0.05) is 16.8 Å². The van der Waals surface area contributed by atoms with E-state index in [0.29, 0.717) is 39.8 Å². The summed E-state index contributed by atoms with van der Waals surface area (Å²) in [7, 11) is 4.40. The van der Waals surface area contributed by atoms with Gasteiger partial charge in [-0.05, 0) is 18.2 Å². The van der Waals surface area contributed by atoms with Gasteiger partial charge >= 0.3 is 5.97 Å². The molecule has 188 valence electrons. The minimum Gasteiger partial charge on any atom is -0.493 e. The number of aliphatic carboxylic acids is 1. The van der Waals surface area contributed by atoms with Crippen molar-refractivity contribution in [2.75, 3.05) is 32.8 Å². The second-order valence-electron chi connectivity index (χ2n) is 8.20. The molecule has 12 nitrogen and oxygen atoms in total. The Kier molecular flexibility index (Phi) is 5.40. The fourth-order valence-electron chi connectivity index (χ4n) is 5.01. The highest BCUT2D eigenvalue weighted by atomic mass is 16.5. The summed E-state index contributed by atoms with van der Waals surface area (Å²) < 4.78 is 22.1. The zero-order valence-electron chi connectivity index (χ0n) is 20.0. The van der Waals surface area contributed by atoms with E-state index in [1.807, 2.05) is 6.07 Å². The number of benzene rings is 2. The Balaban J connectivity index is 1.86. The largest absolute Gasteiger partial charge is 0.493 e. The molecule has 0 radical (unpaired) electrons. The van der Waals surface area contributed by atoms with Crippen LogP contribution in [0.2, 0.25) is 0 Å². The molecular formula is C25H21N5O7. The number of para-hydroxylation sites is 1. The summed E-state index contributed by atoms with van der Waals surface area (Å²) in [4.78, 5) is 27.1. The van der Waals surface area contributed by atoms with Crippen molar-refractivity contribution in [3.63, 3.8) is 0 Å². The van der Waals surface area contributed by atoms with Crippen LogP contribution >= 0.6 is 0 Å². The molecule has 1 spiro atoms. The van der Waals surface area contributed by atoms with Gasteiger partial charge < -0.3 is 29.8 Å². The van der Waals surface area contributed by atoms with E-state index in [0.717, 1.165) is 4.90 Å². The van der Waals surface area contributed by atoms with Gasteiger partial charge in [-0.15, -0.1) is 5.10 Å². The lowest BCUT2D eigenvalue weighted by Crippen LogP contribution is -2.47. The Morgan fingerprint density at radius 1 is 1.22 bits per heavy atom.